The van der Waals surface area contributed by atoms with Gasteiger partial charge < -0.3 is 5.11 Å². The van der Waals surface area contributed by atoms with E-state index in [2.05, 4.69) is 23.6 Å². The fourth-order valence-corrected chi connectivity index (χ4v) is 4.58. The maximum Gasteiger partial charge on any atom is 0.336 e. The fourth-order valence-electron chi connectivity index (χ4n) is 4.58. The quantitative estimate of drug-likeness (QED) is 0.201. The van der Waals surface area contributed by atoms with E-state index in [4.69, 9.17) is 0 Å². The lowest BCUT2D eigenvalue weighted by Gasteiger charge is -2.09. The second kappa shape index (κ2) is 15.6. The summed E-state index contributed by atoms with van der Waals surface area (Å²) in [6.07, 6.45) is 21.4. The van der Waals surface area contributed by atoms with Gasteiger partial charge in [-0.25, -0.2) is 4.79 Å². The van der Waals surface area contributed by atoms with Crippen molar-refractivity contribution in [2.75, 3.05) is 0 Å². The molecular weight excluding hydrogens is 394 g/mol. The molecule has 0 spiro atoms. The molecule has 2 aromatic rings. The number of carboxylic acid groups (broad SMARTS) is 1. The summed E-state index contributed by atoms with van der Waals surface area (Å²) in [6.45, 7) is 4.31. The molecule has 3 nitrogen and oxygen atoms in total. The number of rotatable bonds is 17. The molecule has 0 radical (unpaired) electrons. The molecule has 3 heteroatoms. The first-order valence-electron chi connectivity index (χ1n) is 13.0. The van der Waals surface area contributed by atoms with Gasteiger partial charge in [0, 0.05) is 30.7 Å². The Labute approximate surface area is 195 Å². The van der Waals surface area contributed by atoms with Crippen molar-refractivity contribution in [2.24, 2.45) is 0 Å². The van der Waals surface area contributed by atoms with E-state index in [-0.39, 0.29) is 0 Å². The number of carboxylic acids is 1. The zero-order chi connectivity index (χ0) is 23.0. The molecule has 0 bridgehead atoms. The Morgan fingerprint density at radius 1 is 0.750 bits per heavy atom. The summed E-state index contributed by atoms with van der Waals surface area (Å²) in [5, 5.41) is 9.66. The number of pyridine rings is 1. The third-order valence-corrected chi connectivity index (χ3v) is 6.56. The van der Waals surface area contributed by atoms with Gasteiger partial charge in [0.25, 0.3) is 0 Å². The number of benzene rings is 1. The minimum Gasteiger partial charge on any atom is -0.478 e. The number of hydrogen-bond acceptors (Lipinski definition) is 1. The summed E-state index contributed by atoms with van der Waals surface area (Å²) in [5.41, 5.74) is 3.53. The average Bonchev–Trinajstić information content (AvgIpc) is 2.80. The van der Waals surface area contributed by atoms with Gasteiger partial charge in [0.05, 0.1) is 5.56 Å². The van der Waals surface area contributed by atoms with Crippen molar-refractivity contribution < 1.29 is 14.5 Å². The summed E-state index contributed by atoms with van der Waals surface area (Å²) in [7, 11) is 0. The lowest BCUT2D eigenvalue weighted by atomic mass is 9.98. The minimum absolute atomic E-state index is 0.448. The lowest BCUT2D eigenvalue weighted by molar-refractivity contribution is -0.603. The molecule has 0 unspecified atom stereocenters. The van der Waals surface area contributed by atoms with Crippen LogP contribution in [-0.2, 0) is 6.42 Å². The van der Waals surface area contributed by atoms with E-state index in [1.807, 2.05) is 31.3 Å². The van der Waals surface area contributed by atoms with E-state index in [1.165, 1.54) is 83.5 Å². The second-order valence-corrected chi connectivity index (χ2v) is 9.15. The maximum absolute atomic E-state index is 11.8. The van der Waals surface area contributed by atoms with Crippen LogP contribution in [0.3, 0.4) is 0 Å². The molecule has 0 aliphatic heterocycles. The fraction of sp³-hybridized carbons (Fsp3) is 0.586. The van der Waals surface area contributed by atoms with Crippen molar-refractivity contribution in [3.8, 4) is 5.69 Å². The van der Waals surface area contributed by atoms with E-state index >= 15 is 0 Å². The van der Waals surface area contributed by atoms with Gasteiger partial charge >= 0.3 is 5.97 Å². The van der Waals surface area contributed by atoms with Crippen LogP contribution < -0.4 is 4.57 Å². The number of unbranched alkanes of at least 4 members (excludes halogenated alkanes) is 13. The van der Waals surface area contributed by atoms with Crippen molar-refractivity contribution in [1.29, 1.82) is 0 Å². The van der Waals surface area contributed by atoms with E-state index in [0.717, 1.165) is 29.8 Å². The van der Waals surface area contributed by atoms with Crippen molar-refractivity contribution >= 4 is 5.97 Å². The standard InChI is InChI=1S/C29H43NO2/c1-3-4-5-6-7-8-9-10-11-12-13-14-15-19-22-27-25(2)30(24-23-28(27)29(31)32)26-20-17-16-18-21-26/h16-18,20-21,23-24H,3-15,19,22H2,1-2H3/p+1. The predicted molar refractivity (Wildman–Crippen MR) is 134 cm³/mol. The van der Waals surface area contributed by atoms with E-state index in [9.17, 15) is 9.90 Å². The number of aromatic nitrogens is 1. The van der Waals surface area contributed by atoms with Crippen LogP contribution in [0.25, 0.3) is 5.69 Å². The average molecular weight is 439 g/mol. The smallest absolute Gasteiger partial charge is 0.336 e. The van der Waals surface area contributed by atoms with Crippen molar-refractivity contribution in [3.63, 3.8) is 0 Å². The van der Waals surface area contributed by atoms with E-state index < -0.39 is 5.97 Å². The first-order valence-corrected chi connectivity index (χ1v) is 13.0. The highest BCUT2D eigenvalue weighted by Crippen LogP contribution is 2.18. The van der Waals surface area contributed by atoms with Crippen LogP contribution in [0.2, 0.25) is 0 Å². The molecule has 0 saturated heterocycles. The zero-order valence-corrected chi connectivity index (χ0v) is 20.5. The zero-order valence-electron chi connectivity index (χ0n) is 20.5. The summed E-state index contributed by atoms with van der Waals surface area (Å²) in [5.74, 6) is -0.825. The normalized spacial score (nSPS) is 11.1. The largest absolute Gasteiger partial charge is 0.478 e. The SMILES string of the molecule is CCCCCCCCCCCCCCCCc1c(C(=O)O)cc[n+](-c2ccccc2)c1C. The van der Waals surface area contributed by atoms with Crippen LogP contribution in [0, 0.1) is 6.92 Å². The lowest BCUT2D eigenvalue weighted by Crippen LogP contribution is -2.36. The van der Waals surface area contributed by atoms with Gasteiger partial charge in [-0.05, 0) is 12.8 Å². The van der Waals surface area contributed by atoms with Crippen LogP contribution in [0.1, 0.15) is 118 Å². The number of para-hydroxylation sites is 1. The molecule has 32 heavy (non-hydrogen) atoms. The first-order chi connectivity index (χ1) is 15.6. The monoisotopic (exact) mass is 438 g/mol. The Balaban J connectivity index is 1.68. The first kappa shape index (κ1) is 26.1. The van der Waals surface area contributed by atoms with Crippen molar-refractivity contribution in [1.82, 2.24) is 0 Å². The van der Waals surface area contributed by atoms with Gasteiger partial charge in [0.1, 0.15) is 0 Å². The Morgan fingerprint density at radius 2 is 1.25 bits per heavy atom. The number of aromatic carboxylic acids is 1. The van der Waals surface area contributed by atoms with Gasteiger partial charge in [0.2, 0.25) is 5.69 Å². The molecule has 0 amide bonds. The Hall–Kier alpha value is -2.16. The molecule has 1 aromatic heterocycles. The highest BCUT2D eigenvalue weighted by molar-refractivity contribution is 5.89. The van der Waals surface area contributed by atoms with Gasteiger partial charge in [-0.15, -0.1) is 0 Å². The predicted octanol–water partition coefficient (Wildman–Crippen LogP) is 7.99. The molecule has 0 aliphatic rings. The number of carbonyl (C=O) groups is 1. The van der Waals surface area contributed by atoms with Crippen LogP contribution in [0.15, 0.2) is 42.6 Å². The third kappa shape index (κ3) is 9.14. The molecule has 0 saturated carbocycles. The molecule has 1 heterocycles. The van der Waals surface area contributed by atoms with Gasteiger partial charge in [-0.3, -0.25) is 0 Å². The van der Waals surface area contributed by atoms with Gasteiger partial charge in [-0.1, -0.05) is 109 Å². The van der Waals surface area contributed by atoms with Crippen LogP contribution >= 0.6 is 0 Å². The molecule has 2 rings (SSSR count). The van der Waals surface area contributed by atoms with Gasteiger partial charge in [-0.2, -0.15) is 4.57 Å². The Bertz CT molecular complexity index is 785. The van der Waals surface area contributed by atoms with Gasteiger partial charge in [0.15, 0.2) is 11.9 Å². The third-order valence-electron chi connectivity index (χ3n) is 6.56. The molecule has 0 fully saturated rings. The summed E-state index contributed by atoms with van der Waals surface area (Å²) < 4.78 is 2.10. The molecule has 1 aromatic carbocycles. The van der Waals surface area contributed by atoms with Crippen LogP contribution in [0.4, 0.5) is 0 Å². The number of hydrogen-bond donors (Lipinski definition) is 1. The molecule has 0 aliphatic carbocycles. The molecular formula is C29H44NO2+. The van der Waals surface area contributed by atoms with E-state index in [0.29, 0.717) is 5.56 Å². The summed E-state index contributed by atoms with van der Waals surface area (Å²) in [4.78, 5) is 11.8. The highest BCUT2D eigenvalue weighted by atomic mass is 16.4. The summed E-state index contributed by atoms with van der Waals surface area (Å²) in [6, 6.07) is 11.9. The Morgan fingerprint density at radius 3 is 1.75 bits per heavy atom. The minimum atomic E-state index is -0.825. The molecule has 176 valence electrons. The highest BCUT2D eigenvalue weighted by Gasteiger charge is 2.21. The van der Waals surface area contributed by atoms with Crippen molar-refractivity contribution in [2.45, 2.75) is 110 Å². The summed E-state index contributed by atoms with van der Waals surface area (Å²) >= 11 is 0. The molecule has 0 atom stereocenters. The second-order valence-electron chi connectivity index (χ2n) is 9.15. The van der Waals surface area contributed by atoms with Crippen molar-refractivity contribution in [3.05, 3.63) is 59.4 Å². The number of nitrogens with zero attached hydrogens (tertiary/aromatic N) is 1. The maximum atomic E-state index is 11.8. The topological polar surface area (TPSA) is 41.2 Å². The Kier molecular flexibility index (Phi) is 12.7. The van der Waals surface area contributed by atoms with E-state index in [1.54, 1.807) is 6.07 Å². The van der Waals surface area contributed by atoms with Crippen LogP contribution in [-0.4, -0.2) is 11.1 Å². The van der Waals surface area contributed by atoms with Crippen LogP contribution in [0.5, 0.6) is 0 Å². The molecule has 1 N–H and O–H groups in total.